The molecule has 0 atom stereocenters. The molecular formula is C11H13FN2O2S. The summed E-state index contributed by atoms with van der Waals surface area (Å²) >= 11 is 1.38. The third kappa shape index (κ3) is 2.97. The first-order chi connectivity index (χ1) is 8.01. The molecule has 1 rings (SSSR count). The number of nitrogens with two attached hydrogens (primary N) is 1. The monoisotopic (exact) mass is 256 g/mol. The van der Waals surface area contributed by atoms with Crippen molar-refractivity contribution in [2.24, 2.45) is 0 Å². The van der Waals surface area contributed by atoms with E-state index >= 15 is 0 Å². The van der Waals surface area contributed by atoms with Crippen LogP contribution in [0.2, 0.25) is 0 Å². The van der Waals surface area contributed by atoms with Crippen LogP contribution < -0.4 is 5.73 Å². The van der Waals surface area contributed by atoms with Gasteiger partial charge in [0.2, 0.25) is 0 Å². The van der Waals surface area contributed by atoms with Gasteiger partial charge < -0.3 is 5.73 Å². The summed E-state index contributed by atoms with van der Waals surface area (Å²) in [4.78, 5) is 10.6. The molecule has 0 spiro atoms. The maximum absolute atomic E-state index is 13.7. The van der Waals surface area contributed by atoms with E-state index in [9.17, 15) is 14.5 Å². The number of hydrogen-bond acceptors (Lipinski definition) is 4. The first kappa shape index (κ1) is 13.5. The second-order valence-corrected chi connectivity index (χ2v) is 4.18. The molecule has 0 radical (unpaired) electrons. The number of rotatable bonds is 4. The lowest BCUT2D eigenvalue weighted by Gasteiger charge is -2.07. The number of nitrogen functional groups attached to an aromatic ring is 1. The smallest absolute Gasteiger partial charge is 0.295 e. The molecule has 1 aromatic rings. The SMILES string of the molecule is CC/C=C(\SC)c1cc(N)c([N+](=O)[O-])cc1F. The maximum atomic E-state index is 13.7. The first-order valence-electron chi connectivity index (χ1n) is 4.99. The molecule has 0 aliphatic carbocycles. The van der Waals surface area contributed by atoms with Gasteiger partial charge in [-0.15, -0.1) is 11.8 Å². The summed E-state index contributed by atoms with van der Waals surface area (Å²) in [6.07, 6.45) is 4.43. The molecule has 0 saturated heterocycles. The quantitative estimate of drug-likeness (QED) is 0.509. The normalized spacial score (nSPS) is 11.6. The third-order valence-corrected chi connectivity index (χ3v) is 3.01. The van der Waals surface area contributed by atoms with Crippen molar-refractivity contribution in [3.8, 4) is 0 Å². The second kappa shape index (κ2) is 5.67. The van der Waals surface area contributed by atoms with E-state index in [-0.39, 0.29) is 5.69 Å². The zero-order chi connectivity index (χ0) is 13.0. The number of allylic oxidation sites excluding steroid dienone is 1. The minimum absolute atomic E-state index is 0.0255. The number of anilines is 1. The van der Waals surface area contributed by atoms with Gasteiger partial charge in [-0.2, -0.15) is 0 Å². The van der Waals surface area contributed by atoms with E-state index in [1.54, 1.807) is 0 Å². The van der Waals surface area contributed by atoms with Crippen LogP contribution in [0.15, 0.2) is 18.2 Å². The molecule has 4 nitrogen and oxygen atoms in total. The topological polar surface area (TPSA) is 69.2 Å². The zero-order valence-corrected chi connectivity index (χ0v) is 10.4. The van der Waals surface area contributed by atoms with E-state index in [1.165, 1.54) is 17.8 Å². The number of hydrogen-bond donors (Lipinski definition) is 1. The Morgan fingerprint density at radius 2 is 2.29 bits per heavy atom. The van der Waals surface area contributed by atoms with Gasteiger partial charge in [-0.1, -0.05) is 13.0 Å². The molecule has 0 amide bonds. The first-order valence-corrected chi connectivity index (χ1v) is 6.21. The van der Waals surface area contributed by atoms with Crippen LogP contribution in [-0.2, 0) is 0 Å². The molecule has 92 valence electrons. The number of nitrogens with zero attached hydrogens (tertiary/aromatic N) is 1. The van der Waals surface area contributed by atoms with Crippen molar-refractivity contribution in [3.63, 3.8) is 0 Å². The summed E-state index contributed by atoms with van der Waals surface area (Å²) < 4.78 is 13.7. The van der Waals surface area contributed by atoms with Gasteiger partial charge in [0.15, 0.2) is 0 Å². The van der Waals surface area contributed by atoms with Gasteiger partial charge in [-0.05, 0) is 18.7 Å². The largest absolute Gasteiger partial charge is 0.393 e. The second-order valence-electron chi connectivity index (χ2n) is 3.33. The highest BCUT2D eigenvalue weighted by Crippen LogP contribution is 2.33. The standard InChI is InChI=1S/C11H13FN2O2S/c1-3-4-11(17-2)7-5-9(13)10(14(15)16)6-8(7)12/h4-6H,3,13H2,1-2H3/b11-4-. The predicted octanol–water partition coefficient (Wildman–Crippen LogP) is 3.43. The van der Waals surface area contributed by atoms with Crippen molar-refractivity contribution >= 4 is 28.0 Å². The van der Waals surface area contributed by atoms with Crippen molar-refractivity contribution in [2.75, 3.05) is 12.0 Å². The highest BCUT2D eigenvalue weighted by atomic mass is 32.2. The molecule has 0 bridgehead atoms. The van der Waals surface area contributed by atoms with Crippen LogP contribution in [0.4, 0.5) is 15.8 Å². The molecule has 0 heterocycles. The van der Waals surface area contributed by atoms with Crippen LogP contribution in [0.5, 0.6) is 0 Å². The summed E-state index contributed by atoms with van der Waals surface area (Å²) in [5.74, 6) is -0.625. The van der Waals surface area contributed by atoms with Crippen LogP contribution in [-0.4, -0.2) is 11.2 Å². The molecule has 1 aromatic carbocycles. The summed E-state index contributed by atoms with van der Waals surface area (Å²) in [5, 5.41) is 10.6. The minimum atomic E-state index is -0.690. The Bertz CT molecular complexity index is 475. The molecule has 6 heteroatoms. The van der Waals surface area contributed by atoms with Gasteiger partial charge in [0.1, 0.15) is 11.5 Å². The summed E-state index contributed by atoms with van der Waals surface area (Å²) in [7, 11) is 0. The zero-order valence-electron chi connectivity index (χ0n) is 9.57. The van der Waals surface area contributed by atoms with Crippen LogP contribution in [0.1, 0.15) is 18.9 Å². The number of nitro benzene ring substituents is 1. The summed E-state index contributed by atoms with van der Waals surface area (Å²) in [5.41, 5.74) is 5.42. The van der Waals surface area contributed by atoms with Gasteiger partial charge in [0.05, 0.1) is 11.0 Å². The number of thioether (sulfide) groups is 1. The van der Waals surface area contributed by atoms with Crippen molar-refractivity contribution in [1.29, 1.82) is 0 Å². The minimum Gasteiger partial charge on any atom is -0.393 e. The van der Waals surface area contributed by atoms with Gasteiger partial charge in [-0.3, -0.25) is 10.1 Å². The van der Waals surface area contributed by atoms with Crippen molar-refractivity contribution in [1.82, 2.24) is 0 Å². The van der Waals surface area contributed by atoms with Crippen LogP contribution in [0.3, 0.4) is 0 Å². The molecule has 0 saturated carbocycles. The van der Waals surface area contributed by atoms with E-state index < -0.39 is 16.4 Å². The summed E-state index contributed by atoms with van der Waals surface area (Å²) in [6, 6.07) is 2.18. The van der Waals surface area contributed by atoms with Crippen LogP contribution in [0, 0.1) is 15.9 Å². The molecule has 0 unspecified atom stereocenters. The van der Waals surface area contributed by atoms with Gasteiger partial charge in [-0.25, -0.2) is 4.39 Å². The fraction of sp³-hybridized carbons (Fsp3) is 0.273. The molecule has 0 aromatic heterocycles. The fourth-order valence-corrected chi connectivity index (χ4v) is 2.12. The Labute approximate surface area is 103 Å². The Morgan fingerprint density at radius 1 is 1.65 bits per heavy atom. The molecule has 17 heavy (non-hydrogen) atoms. The van der Waals surface area contributed by atoms with Crippen molar-refractivity contribution in [3.05, 3.63) is 39.7 Å². The Kier molecular flexibility index (Phi) is 4.51. The molecule has 0 aliphatic rings. The highest BCUT2D eigenvalue weighted by molar-refractivity contribution is 8.07. The predicted molar refractivity (Wildman–Crippen MR) is 69.2 cm³/mol. The van der Waals surface area contributed by atoms with E-state index in [0.29, 0.717) is 5.56 Å². The van der Waals surface area contributed by atoms with Crippen LogP contribution in [0.25, 0.3) is 4.91 Å². The van der Waals surface area contributed by atoms with Gasteiger partial charge in [0.25, 0.3) is 5.69 Å². The lowest BCUT2D eigenvalue weighted by molar-refractivity contribution is -0.384. The number of benzene rings is 1. The highest BCUT2D eigenvalue weighted by Gasteiger charge is 2.17. The summed E-state index contributed by atoms with van der Waals surface area (Å²) in [6.45, 7) is 1.93. The van der Waals surface area contributed by atoms with E-state index in [0.717, 1.165) is 17.4 Å². The van der Waals surface area contributed by atoms with Crippen molar-refractivity contribution < 1.29 is 9.31 Å². The lowest BCUT2D eigenvalue weighted by Crippen LogP contribution is -1.99. The molecule has 0 aliphatic heterocycles. The number of nitro groups is 1. The van der Waals surface area contributed by atoms with E-state index in [1.807, 2.05) is 19.3 Å². The van der Waals surface area contributed by atoms with Gasteiger partial charge in [0, 0.05) is 10.5 Å². The fourth-order valence-electron chi connectivity index (χ4n) is 1.42. The molecular weight excluding hydrogens is 243 g/mol. The third-order valence-electron chi connectivity index (χ3n) is 2.19. The maximum Gasteiger partial charge on any atom is 0.295 e. The molecule has 0 fully saturated rings. The van der Waals surface area contributed by atoms with Gasteiger partial charge >= 0.3 is 0 Å². The average Bonchev–Trinajstić information content (AvgIpc) is 2.28. The van der Waals surface area contributed by atoms with E-state index in [4.69, 9.17) is 5.73 Å². The van der Waals surface area contributed by atoms with E-state index in [2.05, 4.69) is 0 Å². The lowest BCUT2D eigenvalue weighted by atomic mass is 10.1. The van der Waals surface area contributed by atoms with Crippen LogP contribution >= 0.6 is 11.8 Å². The average molecular weight is 256 g/mol. The Morgan fingerprint density at radius 3 is 2.76 bits per heavy atom. The Hall–Kier alpha value is -1.56. The number of halogens is 1. The Balaban J connectivity index is 3.33. The van der Waals surface area contributed by atoms with Crippen molar-refractivity contribution in [2.45, 2.75) is 13.3 Å². The molecule has 2 N–H and O–H groups in total.